The van der Waals surface area contributed by atoms with E-state index in [2.05, 4.69) is 0 Å². The van der Waals surface area contributed by atoms with Crippen molar-refractivity contribution in [3.05, 3.63) is 76.6 Å². The molecule has 2 amide bonds. The topological polar surface area (TPSA) is 74.8 Å². The van der Waals surface area contributed by atoms with Gasteiger partial charge in [-0.3, -0.25) is 9.59 Å². The highest BCUT2D eigenvalue weighted by molar-refractivity contribution is 7.99. The summed E-state index contributed by atoms with van der Waals surface area (Å²) >= 11 is 0. The molecule has 32 heavy (non-hydrogen) atoms. The summed E-state index contributed by atoms with van der Waals surface area (Å²) in [7, 11) is -4.07. The number of hydrogen-bond donors (Lipinski definition) is 0. The summed E-state index contributed by atoms with van der Waals surface area (Å²) in [5.41, 5.74) is 1.53. The van der Waals surface area contributed by atoms with Crippen LogP contribution in [0.3, 0.4) is 0 Å². The third-order valence-corrected chi connectivity index (χ3v) is 7.90. The summed E-state index contributed by atoms with van der Waals surface area (Å²) < 4.78 is 40.3. The van der Waals surface area contributed by atoms with Gasteiger partial charge in [-0.25, -0.2) is 17.1 Å². The van der Waals surface area contributed by atoms with Crippen LogP contribution < -0.4 is 0 Å². The Hall–Kier alpha value is -3.00. The van der Waals surface area contributed by atoms with Gasteiger partial charge in [0.25, 0.3) is 21.8 Å². The zero-order valence-electron chi connectivity index (χ0n) is 17.9. The zero-order chi connectivity index (χ0) is 22.9. The van der Waals surface area contributed by atoms with Crippen molar-refractivity contribution in [2.24, 2.45) is 0 Å². The molecule has 0 spiro atoms. The number of carbonyl (C=O) groups is 2. The monoisotopic (exact) mass is 456 g/mol. The van der Waals surface area contributed by atoms with E-state index in [1.165, 1.54) is 19.1 Å². The highest BCUT2D eigenvalue weighted by Crippen LogP contribution is 2.36. The molecule has 8 heteroatoms. The summed E-state index contributed by atoms with van der Waals surface area (Å²) in [5.74, 6) is -1.12. The van der Waals surface area contributed by atoms with Crippen LogP contribution >= 0.6 is 0 Å². The fourth-order valence-corrected chi connectivity index (χ4v) is 6.00. The standard InChI is InChI=1S/C24H25FN2O4S/c1-17-22(19-10-12-21(25)13-11-19)32(30,31)27(23(17)28)16-18-6-8-20(9-7-18)24(29)26-14-4-2-3-5-15-26/h6-13H,2-5,14-16H2,1H3. The van der Waals surface area contributed by atoms with Gasteiger partial charge in [0.15, 0.2) is 0 Å². The first-order valence-electron chi connectivity index (χ1n) is 10.7. The van der Waals surface area contributed by atoms with E-state index in [4.69, 9.17) is 0 Å². The van der Waals surface area contributed by atoms with E-state index in [9.17, 15) is 22.4 Å². The maximum absolute atomic E-state index is 13.3. The predicted octanol–water partition coefficient (Wildman–Crippen LogP) is 3.95. The number of hydrogen-bond acceptors (Lipinski definition) is 4. The smallest absolute Gasteiger partial charge is 0.268 e. The molecule has 168 valence electrons. The lowest BCUT2D eigenvalue weighted by atomic mass is 10.1. The molecule has 0 atom stereocenters. The molecule has 2 aromatic rings. The van der Waals surface area contributed by atoms with E-state index in [0.717, 1.165) is 55.2 Å². The molecule has 2 aliphatic rings. The third kappa shape index (κ3) is 4.19. The Morgan fingerprint density at radius 2 is 1.53 bits per heavy atom. The molecule has 2 aliphatic heterocycles. The van der Waals surface area contributed by atoms with Crippen LogP contribution in [-0.2, 0) is 21.4 Å². The molecule has 6 nitrogen and oxygen atoms in total. The Bertz CT molecular complexity index is 1160. The molecule has 4 rings (SSSR count). The number of benzene rings is 2. The first kappa shape index (κ1) is 22.2. The van der Waals surface area contributed by atoms with E-state index in [0.29, 0.717) is 11.1 Å². The van der Waals surface area contributed by atoms with Gasteiger partial charge in [-0.05, 0) is 55.2 Å². The second kappa shape index (κ2) is 8.86. The molecule has 0 unspecified atom stereocenters. The van der Waals surface area contributed by atoms with E-state index in [1.807, 2.05) is 4.90 Å². The van der Waals surface area contributed by atoms with Crippen LogP contribution in [-0.4, -0.2) is 42.5 Å². The average Bonchev–Trinajstić information content (AvgIpc) is 3.00. The maximum atomic E-state index is 13.3. The van der Waals surface area contributed by atoms with Crippen LogP contribution in [0.15, 0.2) is 54.1 Å². The van der Waals surface area contributed by atoms with Crippen molar-refractivity contribution in [3.8, 4) is 0 Å². The first-order chi connectivity index (χ1) is 15.3. The van der Waals surface area contributed by atoms with Gasteiger partial charge in [0.1, 0.15) is 10.7 Å². The van der Waals surface area contributed by atoms with Crippen molar-refractivity contribution >= 4 is 26.7 Å². The molecule has 0 saturated carbocycles. The average molecular weight is 457 g/mol. The predicted molar refractivity (Wildman–Crippen MR) is 119 cm³/mol. The molecule has 0 aromatic heterocycles. The maximum Gasteiger partial charge on any atom is 0.268 e. The molecule has 0 N–H and O–H groups in total. The Labute approximate surface area is 187 Å². The minimum atomic E-state index is -4.07. The Balaban J connectivity index is 1.52. The van der Waals surface area contributed by atoms with Gasteiger partial charge in [0.05, 0.1) is 6.54 Å². The number of sulfonamides is 1. The third-order valence-electron chi connectivity index (χ3n) is 5.96. The first-order valence-corrected chi connectivity index (χ1v) is 12.1. The summed E-state index contributed by atoms with van der Waals surface area (Å²) in [5, 5.41) is 0. The largest absolute Gasteiger partial charge is 0.339 e. The number of nitrogens with zero attached hydrogens (tertiary/aromatic N) is 2. The van der Waals surface area contributed by atoms with Gasteiger partial charge >= 0.3 is 0 Å². The van der Waals surface area contributed by atoms with Crippen LogP contribution in [0, 0.1) is 5.82 Å². The van der Waals surface area contributed by atoms with Crippen molar-refractivity contribution in [3.63, 3.8) is 0 Å². The molecule has 0 aliphatic carbocycles. The van der Waals surface area contributed by atoms with Crippen molar-refractivity contribution in [1.82, 2.24) is 9.21 Å². The molecule has 2 aromatic carbocycles. The number of halogens is 1. The van der Waals surface area contributed by atoms with Crippen LogP contribution in [0.2, 0.25) is 0 Å². The van der Waals surface area contributed by atoms with Gasteiger partial charge < -0.3 is 4.90 Å². The summed E-state index contributed by atoms with van der Waals surface area (Å²) in [6, 6.07) is 11.8. The SMILES string of the molecule is CC1=C(c2ccc(F)cc2)S(=O)(=O)N(Cc2ccc(C(=O)N3CCCCCC3)cc2)C1=O. The molecular weight excluding hydrogens is 431 g/mol. The van der Waals surface area contributed by atoms with Gasteiger partial charge in [-0.1, -0.05) is 37.1 Å². The van der Waals surface area contributed by atoms with Gasteiger partial charge in [0, 0.05) is 24.2 Å². The van der Waals surface area contributed by atoms with Crippen LogP contribution in [0.4, 0.5) is 4.39 Å². The highest BCUT2D eigenvalue weighted by atomic mass is 32.2. The molecule has 0 radical (unpaired) electrons. The van der Waals surface area contributed by atoms with Crippen LogP contribution in [0.5, 0.6) is 0 Å². The molecular formula is C24H25FN2O4S. The zero-order valence-corrected chi connectivity index (χ0v) is 18.7. The minimum absolute atomic E-state index is 0.0283. The second-order valence-corrected chi connectivity index (χ2v) is 9.98. The normalized spacial score (nSPS) is 18.8. The molecule has 2 heterocycles. The van der Waals surface area contributed by atoms with Crippen LogP contribution in [0.25, 0.3) is 4.91 Å². The van der Waals surface area contributed by atoms with Crippen molar-refractivity contribution in [1.29, 1.82) is 0 Å². The Morgan fingerprint density at radius 3 is 2.12 bits per heavy atom. The fourth-order valence-electron chi connectivity index (χ4n) is 4.20. The van der Waals surface area contributed by atoms with Gasteiger partial charge in [0.2, 0.25) is 0 Å². The van der Waals surface area contributed by atoms with Crippen LogP contribution in [0.1, 0.15) is 54.1 Å². The lowest BCUT2D eigenvalue weighted by Crippen LogP contribution is -2.32. The number of amides is 2. The summed E-state index contributed by atoms with van der Waals surface area (Å²) in [4.78, 5) is 27.3. The van der Waals surface area contributed by atoms with E-state index < -0.39 is 21.7 Å². The Kier molecular flexibility index (Phi) is 6.15. The molecule has 1 saturated heterocycles. The lowest BCUT2D eigenvalue weighted by Gasteiger charge is -2.21. The summed E-state index contributed by atoms with van der Waals surface area (Å²) in [6.45, 7) is 2.82. The highest BCUT2D eigenvalue weighted by Gasteiger charge is 2.42. The van der Waals surface area contributed by atoms with E-state index >= 15 is 0 Å². The molecule has 1 fully saturated rings. The minimum Gasteiger partial charge on any atom is -0.339 e. The number of carbonyl (C=O) groups excluding carboxylic acids is 2. The number of rotatable bonds is 4. The quantitative estimate of drug-likeness (QED) is 0.698. The Morgan fingerprint density at radius 1 is 0.938 bits per heavy atom. The van der Waals surface area contributed by atoms with E-state index in [1.54, 1.807) is 24.3 Å². The fraction of sp³-hybridized carbons (Fsp3) is 0.333. The second-order valence-electron chi connectivity index (χ2n) is 8.18. The number of likely N-dealkylation sites (tertiary alicyclic amines) is 1. The van der Waals surface area contributed by atoms with Gasteiger partial charge in [-0.2, -0.15) is 0 Å². The molecule has 0 bridgehead atoms. The van der Waals surface area contributed by atoms with Crippen molar-refractivity contribution < 1.29 is 22.4 Å². The van der Waals surface area contributed by atoms with Crippen molar-refractivity contribution in [2.45, 2.75) is 39.2 Å². The summed E-state index contributed by atoms with van der Waals surface area (Å²) in [6.07, 6.45) is 4.27. The van der Waals surface area contributed by atoms with Crippen molar-refractivity contribution in [2.75, 3.05) is 13.1 Å². The lowest BCUT2D eigenvalue weighted by molar-refractivity contribution is -0.122. The van der Waals surface area contributed by atoms with E-state index in [-0.39, 0.29) is 28.5 Å². The van der Waals surface area contributed by atoms with Gasteiger partial charge in [-0.15, -0.1) is 0 Å².